The molecule has 0 aliphatic rings. The molecular weight excluding hydrogens is 316 g/mol. The minimum Gasteiger partial charge on any atom is -0.278 e. The summed E-state index contributed by atoms with van der Waals surface area (Å²) < 4.78 is 27.7. The Morgan fingerprint density at radius 2 is 2.05 bits per heavy atom. The van der Waals surface area contributed by atoms with E-state index in [4.69, 9.17) is 11.6 Å². The lowest BCUT2D eigenvalue weighted by atomic mass is 9.99. The zero-order chi connectivity index (χ0) is 14.9. The highest BCUT2D eigenvalue weighted by Crippen LogP contribution is 2.31. The summed E-state index contributed by atoms with van der Waals surface area (Å²) in [6.45, 7) is 5.93. The molecule has 0 saturated carbocycles. The minimum absolute atomic E-state index is 0.112. The molecule has 0 radical (unpaired) electrons. The van der Waals surface area contributed by atoms with Gasteiger partial charge in [-0.1, -0.05) is 55.0 Å². The quantitative estimate of drug-likeness (QED) is 0.920. The summed E-state index contributed by atoms with van der Waals surface area (Å²) >= 11 is 6.64. The number of nitrogens with one attached hydrogen (secondary N) is 1. The molecule has 1 aromatic carbocycles. The Hall–Kier alpha value is -1.11. The van der Waals surface area contributed by atoms with Crippen LogP contribution in [0.1, 0.15) is 30.9 Å². The average Bonchev–Trinajstić information content (AvgIpc) is 2.79. The SMILES string of the molecule is Cc1cccc(C(C)C)c1NS(=O)(=O)c1cnc(Cl)s1. The fraction of sp³-hybridized carbons (Fsp3) is 0.308. The van der Waals surface area contributed by atoms with Crippen LogP contribution in [0.15, 0.2) is 28.6 Å². The number of hydrogen-bond acceptors (Lipinski definition) is 4. The van der Waals surface area contributed by atoms with E-state index >= 15 is 0 Å². The van der Waals surface area contributed by atoms with Gasteiger partial charge in [0.1, 0.15) is 0 Å². The standard InChI is InChI=1S/C13H15ClN2O2S2/c1-8(2)10-6-4-5-9(3)12(10)16-20(17,18)11-7-15-13(14)19-11/h4-8,16H,1-3H3. The van der Waals surface area contributed by atoms with Crippen molar-refractivity contribution in [1.29, 1.82) is 0 Å². The average molecular weight is 331 g/mol. The summed E-state index contributed by atoms with van der Waals surface area (Å²) in [5.74, 6) is 0.220. The summed E-state index contributed by atoms with van der Waals surface area (Å²) in [6.07, 6.45) is 1.27. The van der Waals surface area contributed by atoms with Crippen LogP contribution in [-0.4, -0.2) is 13.4 Å². The van der Waals surface area contributed by atoms with Crippen molar-refractivity contribution < 1.29 is 8.42 Å². The van der Waals surface area contributed by atoms with Crippen molar-refractivity contribution in [2.75, 3.05) is 4.72 Å². The Balaban J connectivity index is 2.44. The van der Waals surface area contributed by atoms with Crippen LogP contribution in [0.2, 0.25) is 4.47 Å². The molecule has 0 atom stereocenters. The van der Waals surface area contributed by atoms with Crippen LogP contribution in [0.25, 0.3) is 0 Å². The molecule has 1 heterocycles. The van der Waals surface area contributed by atoms with Gasteiger partial charge >= 0.3 is 0 Å². The van der Waals surface area contributed by atoms with Crippen LogP contribution in [-0.2, 0) is 10.0 Å². The highest BCUT2D eigenvalue weighted by atomic mass is 35.5. The van der Waals surface area contributed by atoms with Crippen LogP contribution in [0.3, 0.4) is 0 Å². The number of nitrogens with zero attached hydrogens (tertiary/aromatic N) is 1. The molecule has 0 aliphatic carbocycles. The third-order valence-corrected chi connectivity index (χ3v) is 5.81. The first-order chi connectivity index (χ1) is 9.31. The van der Waals surface area contributed by atoms with Gasteiger partial charge in [-0.2, -0.15) is 0 Å². The van der Waals surface area contributed by atoms with Crippen LogP contribution in [0.4, 0.5) is 5.69 Å². The van der Waals surface area contributed by atoms with E-state index in [1.807, 2.05) is 39.0 Å². The van der Waals surface area contributed by atoms with Gasteiger partial charge in [0.2, 0.25) is 0 Å². The molecule has 0 fully saturated rings. The molecule has 0 amide bonds. The van der Waals surface area contributed by atoms with Crippen molar-refractivity contribution >= 4 is 38.6 Å². The van der Waals surface area contributed by atoms with E-state index in [0.717, 1.165) is 22.5 Å². The topological polar surface area (TPSA) is 59.1 Å². The van der Waals surface area contributed by atoms with Crippen LogP contribution in [0.5, 0.6) is 0 Å². The molecule has 4 nitrogen and oxygen atoms in total. The van der Waals surface area contributed by atoms with Gasteiger partial charge in [0, 0.05) is 0 Å². The highest BCUT2D eigenvalue weighted by Gasteiger charge is 2.20. The Morgan fingerprint density at radius 1 is 1.35 bits per heavy atom. The monoisotopic (exact) mass is 330 g/mol. The van der Waals surface area contributed by atoms with Crippen molar-refractivity contribution in [2.24, 2.45) is 0 Å². The molecule has 7 heteroatoms. The molecule has 0 unspecified atom stereocenters. The number of rotatable bonds is 4. The third-order valence-electron chi connectivity index (χ3n) is 2.88. The predicted octanol–water partition coefficient (Wildman–Crippen LogP) is 4.03. The number of halogens is 1. The molecule has 0 bridgehead atoms. The van der Waals surface area contributed by atoms with Gasteiger partial charge in [-0.3, -0.25) is 4.72 Å². The number of sulfonamides is 1. The van der Waals surface area contributed by atoms with Gasteiger partial charge < -0.3 is 0 Å². The predicted molar refractivity (Wildman–Crippen MR) is 83.2 cm³/mol. The molecule has 20 heavy (non-hydrogen) atoms. The van der Waals surface area contributed by atoms with Gasteiger partial charge in [0.25, 0.3) is 10.0 Å². The zero-order valence-corrected chi connectivity index (χ0v) is 13.7. The second-order valence-corrected chi connectivity index (χ2v) is 8.25. The fourth-order valence-electron chi connectivity index (χ4n) is 1.86. The first-order valence-electron chi connectivity index (χ1n) is 6.05. The zero-order valence-electron chi connectivity index (χ0n) is 11.3. The van der Waals surface area contributed by atoms with Gasteiger partial charge in [0.05, 0.1) is 11.9 Å². The first-order valence-corrected chi connectivity index (χ1v) is 8.72. The number of hydrogen-bond donors (Lipinski definition) is 1. The van der Waals surface area contributed by atoms with Crippen LogP contribution >= 0.6 is 22.9 Å². The van der Waals surface area contributed by atoms with Crippen molar-refractivity contribution in [1.82, 2.24) is 4.98 Å². The van der Waals surface area contributed by atoms with E-state index in [1.165, 1.54) is 6.20 Å². The summed E-state index contributed by atoms with van der Waals surface area (Å²) in [6, 6.07) is 5.73. The van der Waals surface area contributed by atoms with Gasteiger partial charge in [0.15, 0.2) is 8.68 Å². The molecule has 108 valence electrons. The third kappa shape index (κ3) is 3.13. The number of thiazole rings is 1. The van der Waals surface area contributed by atoms with Gasteiger partial charge in [-0.25, -0.2) is 13.4 Å². The molecule has 2 aromatic rings. The number of aryl methyl sites for hydroxylation is 1. The van der Waals surface area contributed by atoms with E-state index in [2.05, 4.69) is 9.71 Å². The lowest BCUT2D eigenvalue weighted by Gasteiger charge is -2.16. The van der Waals surface area contributed by atoms with Crippen LogP contribution < -0.4 is 4.72 Å². The highest BCUT2D eigenvalue weighted by molar-refractivity contribution is 7.94. The maximum Gasteiger partial charge on any atom is 0.273 e. The molecule has 0 aliphatic heterocycles. The number of aromatic nitrogens is 1. The van der Waals surface area contributed by atoms with Gasteiger partial charge in [-0.05, 0) is 24.0 Å². The van der Waals surface area contributed by atoms with E-state index in [0.29, 0.717) is 5.69 Å². The fourth-order valence-corrected chi connectivity index (χ4v) is 4.31. The van der Waals surface area contributed by atoms with E-state index in [-0.39, 0.29) is 14.6 Å². The van der Waals surface area contributed by atoms with Crippen LogP contribution in [0, 0.1) is 6.92 Å². The maximum atomic E-state index is 12.3. The van der Waals surface area contributed by atoms with Crippen molar-refractivity contribution in [3.05, 3.63) is 40.0 Å². The molecule has 2 rings (SSSR count). The normalized spacial score (nSPS) is 11.8. The number of anilines is 1. The molecule has 1 N–H and O–H groups in total. The lowest BCUT2D eigenvalue weighted by molar-refractivity contribution is 0.603. The van der Waals surface area contributed by atoms with E-state index in [9.17, 15) is 8.42 Å². The number of benzene rings is 1. The van der Waals surface area contributed by atoms with Crippen molar-refractivity contribution in [2.45, 2.75) is 30.9 Å². The Kier molecular flexibility index (Phi) is 4.36. The Labute approximate surface area is 127 Å². The summed E-state index contributed by atoms with van der Waals surface area (Å²) in [5.41, 5.74) is 2.48. The van der Waals surface area contributed by atoms with Crippen molar-refractivity contribution in [3.8, 4) is 0 Å². The summed E-state index contributed by atoms with van der Waals surface area (Å²) in [4.78, 5) is 3.77. The molecule has 0 spiro atoms. The molecule has 0 saturated heterocycles. The maximum absolute atomic E-state index is 12.3. The second kappa shape index (κ2) is 5.71. The number of para-hydroxylation sites is 1. The van der Waals surface area contributed by atoms with Gasteiger partial charge in [-0.15, -0.1) is 0 Å². The lowest BCUT2D eigenvalue weighted by Crippen LogP contribution is -2.14. The minimum atomic E-state index is -3.65. The smallest absolute Gasteiger partial charge is 0.273 e. The molecular formula is C13H15ClN2O2S2. The van der Waals surface area contributed by atoms with E-state index in [1.54, 1.807) is 0 Å². The Morgan fingerprint density at radius 3 is 2.60 bits per heavy atom. The first kappa shape index (κ1) is 15.3. The second-order valence-electron chi connectivity index (χ2n) is 4.73. The Bertz CT molecular complexity index is 724. The van der Waals surface area contributed by atoms with E-state index < -0.39 is 10.0 Å². The van der Waals surface area contributed by atoms with Crippen molar-refractivity contribution in [3.63, 3.8) is 0 Å². The molecule has 1 aromatic heterocycles. The summed E-state index contributed by atoms with van der Waals surface area (Å²) in [5, 5.41) is 0. The largest absolute Gasteiger partial charge is 0.278 e. The summed E-state index contributed by atoms with van der Waals surface area (Å²) in [7, 11) is -3.65.